The average Bonchev–Trinajstić information content (AvgIpc) is 3.33. The summed E-state index contributed by atoms with van der Waals surface area (Å²) in [5, 5.41) is 8.91. The van der Waals surface area contributed by atoms with Crippen molar-refractivity contribution in [3.63, 3.8) is 0 Å². The van der Waals surface area contributed by atoms with E-state index >= 15 is 0 Å². The summed E-state index contributed by atoms with van der Waals surface area (Å²) in [7, 11) is 0. The van der Waals surface area contributed by atoms with Crippen LogP contribution in [0.25, 0.3) is 0 Å². The van der Waals surface area contributed by atoms with Crippen molar-refractivity contribution in [3.8, 4) is 0 Å². The molecule has 2 N–H and O–H groups in total. The number of rotatable bonds is 5. The van der Waals surface area contributed by atoms with E-state index in [9.17, 15) is 4.79 Å². The lowest BCUT2D eigenvalue weighted by Crippen LogP contribution is -2.42. The molecule has 33 heavy (non-hydrogen) atoms. The third-order valence-corrected chi connectivity index (χ3v) is 7.18. The maximum absolute atomic E-state index is 12.3. The molecule has 2 aromatic carbocycles. The highest BCUT2D eigenvalue weighted by atomic mass is 35.5. The van der Waals surface area contributed by atoms with E-state index in [2.05, 4.69) is 57.2 Å². The van der Waals surface area contributed by atoms with Gasteiger partial charge < -0.3 is 10.1 Å². The Hall–Kier alpha value is -2.67. The van der Waals surface area contributed by atoms with Crippen LogP contribution in [-0.4, -0.2) is 49.4 Å². The summed E-state index contributed by atoms with van der Waals surface area (Å²) in [5.41, 5.74) is 8.05. The van der Waals surface area contributed by atoms with Crippen LogP contribution >= 0.6 is 11.6 Å². The fourth-order valence-electron chi connectivity index (χ4n) is 5.06. The minimum atomic E-state index is -0.0998. The zero-order chi connectivity index (χ0) is 22.8. The molecule has 3 atom stereocenters. The predicted molar refractivity (Wildman–Crippen MR) is 132 cm³/mol. The van der Waals surface area contributed by atoms with E-state index < -0.39 is 0 Å². The van der Waals surface area contributed by atoms with Crippen molar-refractivity contribution in [1.29, 1.82) is 0 Å². The van der Waals surface area contributed by atoms with Crippen molar-refractivity contribution in [2.24, 2.45) is 11.0 Å². The third-order valence-electron chi connectivity index (χ3n) is 6.84. The Morgan fingerprint density at radius 3 is 2.85 bits per heavy atom. The second-order valence-electron chi connectivity index (χ2n) is 8.92. The number of halogens is 1. The molecule has 7 heteroatoms. The second-order valence-corrected chi connectivity index (χ2v) is 9.33. The first-order valence-corrected chi connectivity index (χ1v) is 11.9. The third kappa shape index (κ3) is 4.69. The Balaban J connectivity index is 1.33. The number of allylic oxidation sites excluding steroid dienone is 2. The SMILES string of the molecule is C/C(=N\NC(=O)CN1CCOCC1)c1ccc2c(c1)[C@@H]1C=CC[C@@H]1[C@H](c1ccccc1Cl)N2. The minimum Gasteiger partial charge on any atom is -0.379 e. The number of ether oxygens (including phenoxy) is 1. The average molecular weight is 465 g/mol. The molecular weight excluding hydrogens is 436 g/mol. The molecule has 0 unspecified atom stereocenters. The summed E-state index contributed by atoms with van der Waals surface area (Å²) in [4.78, 5) is 14.4. The summed E-state index contributed by atoms with van der Waals surface area (Å²) < 4.78 is 5.33. The Morgan fingerprint density at radius 2 is 2.03 bits per heavy atom. The number of benzene rings is 2. The molecule has 1 amide bonds. The van der Waals surface area contributed by atoms with Crippen LogP contribution in [0.2, 0.25) is 5.02 Å². The van der Waals surface area contributed by atoms with E-state index in [1.165, 1.54) is 5.56 Å². The molecule has 2 aromatic rings. The van der Waals surface area contributed by atoms with E-state index in [1.807, 2.05) is 25.1 Å². The van der Waals surface area contributed by atoms with Crippen LogP contribution in [0, 0.1) is 5.92 Å². The maximum Gasteiger partial charge on any atom is 0.254 e. The van der Waals surface area contributed by atoms with Crippen molar-refractivity contribution >= 4 is 28.9 Å². The van der Waals surface area contributed by atoms with Crippen LogP contribution < -0.4 is 10.7 Å². The van der Waals surface area contributed by atoms with E-state index in [-0.39, 0.29) is 11.9 Å². The van der Waals surface area contributed by atoms with E-state index in [1.54, 1.807) is 0 Å². The van der Waals surface area contributed by atoms with Gasteiger partial charge in [0.15, 0.2) is 0 Å². The van der Waals surface area contributed by atoms with Gasteiger partial charge in [0.2, 0.25) is 0 Å². The first kappa shape index (κ1) is 22.1. The number of anilines is 1. The van der Waals surface area contributed by atoms with Gasteiger partial charge in [0, 0.05) is 29.7 Å². The lowest BCUT2D eigenvalue weighted by molar-refractivity contribution is -0.123. The number of morpholine rings is 1. The molecular formula is C26H29ClN4O2. The molecule has 0 spiro atoms. The van der Waals surface area contributed by atoms with Gasteiger partial charge in [0.25, 0.3) is 5.91 Å². The standard InChI is InChI=1S/C26H29ClN4O2/c1-17(29-30-25(32)16-31-11-13-33-14-12-31)18-9-10-24-22(15-18)19-6-4-7-20(19)26(28-24)21-5-2-3-8-23(21)27/h2-6,8-10,15,19-20,26,28H,7,11-14,16H2,1H3,(H,30,32)/b29-17+/t19-,20+,26-/m1/s1. The Bertz CT molecular complexity index is 1090. The van der Waals surface area contributed by atoms with Gasteiger partial charge in [0.05, 0.1) is 31.5 Å². The van der Waals surface area contributed by atoms with E-state index in [0.29, 0.717) is 31.6 Å². The number of fused-ring (bicyclic) bond motifs is 3. The molecule has 3 aliphatic rings. The number of nitrogens with one attached hydrogen (secondary N) is 2. The van der Waals surface area contributed by atoms with Gasteiger partial charge in [-0.3, -0.25) is 9.69 Å². The first-order valence-electron chi connectivity index (χ1n) is 11.6. The van der Waals surface area contributed by atoms with Crippen LogP contribution in [0.1, 0.15) is 42.0 Å². The summed E-state index contributed by atoms with van der Waals surface area (Å²) in [6.45, 7) is 5.17. The highest BCUT2D eigenvalue weighted by Gasteiger charge is 2.38. The Kier molecular flexibility index (Phi) is 6.49. The fourth-order valence-corrected chi connectivity index (χ4v) is 5.32. The number of hydrogen-bond donors (Lipinski definition) is 2. The monoisotopic (exact) mass is 464 g/mol. The molecule has 172 valence electrons. The number of nitrogens with zero attached hydrogens (tertiary/aromatic N) is 2. The van der Waals surface area contributed by atoms with E-state index in [0.717, 1.165) is 47.1 Å². The first-order chi connectivity index (χ1) is 16.1. The second kappa shape index (κ2) is 9.67. The number of carbonyl (C=O) groups excluding carboxylic acids is 1. The van der Waals surface area contributed by atoms with Crippen molar-refractivity contribution in [1.82, 2.24) is 10.3 Å². The number of amides is 1. The van der Waals surface area contributed by atoms with Crippen molar-refractivity contribution in [2.75, 3.05) is 38.2 Å². The van der Waals surface area contributed by atoms with Gasteiger partial charge in [-0.1, -0.05) is 48.0 Å². The van der Waals surface area contributed by atoms with Crippen molar-refractivity contribution < 1.29 is 9.53 Å². The fraction of sp³-hybridized carbons (Fsp3) is 0.385. The number of carbonyl (C=O) groups is 1. The lowest BCUT2D eigenvalue weighted by Gasteiger charge is -2.38. The quantitative estimate of drug-likeness (QED) is 0.392. The molecule has 2 heterocycles. The molecule has 0 bridgehead atoms. The van der Waals surface area contributed by atoms with Crippen molar-refractivity contribution in [2.45, 2.75) is 25.3 Å². The number of hydrogen-bond acceptors (Lipinski definition) is 5. The summed E-state index contributed by atoms with van der Waals surface area (Å²) in [6, 6.07) is 14.6. The molecule has 1 saturated heterocycles. The van der Waals surface area contributed by atoms with Gasteiger partial charge in [-0.15, -0.1) is 0 Å². The summed E-state index contributed by atoms with van der Waals surface area (Å²) >= 11 is 6.54. The molecule has 2 aliphatic heterocycles. The lowest BCUT2D eigenvalue weighted by atomic mass is 9.76. The van der Waals surface area contributed by atoms with Crippen LogP contribution in [0.15, 0.2) is 59.7 Å². The summed E-state index contributed by atoms with van der Waals surface area (Å²) in [6.07, 6.45) is 5.60. The van der Waals surface area contributed by atoms with Gasteiger partial charge in [-0.2, -0.15) is 5.10 Å². The zero-order valence-corrected chi connectivity index (χ0v) is 19.5. The number of hydrazone groups is 1. The zero-order valence-electron chi connectivity index (χ0n) is 18.8. The van der Waals surface area contributed by atoms with Gasteiger partial charge in [-0.05, 0) is 54.2 Å². The molecule has 1 fully saturated rings. The molecule has 6 nitrogen and oxygen atoms in total. The minimum absolute atomic E-state index is 0.0998. The largest absolute Gasteiger partial charge is 0.379 e. The van der Waals surface area contributed by atoms with Gasteiger partial charge >= 0.3 is 0 Å². The molecule has 0 saturated carbocycles. The van der Waals surface area contributed by atoms with Crippen LogP contribution in [0.5, 0.6) is 0 Å². The predicted octanol–water partition coefficient (Wildman–Crippen LogP) is 4.34. The highest BCUT2D eigenvalue weighted by Crippen LogP contribution is 2.50. The smallest absolute Gasteiger partial charge is 0.254 e. The maximum atomic E-state index is 12.3. The van der Waals surface area contributed by atoms with Crippen molar-refractivity contribution in [3.05, 3.63) is 76.3 Å². The topological polar surface area (TPSA) is 66.0 Å². The van der Waals surface area contributed by atoms with Crippen LogP contribution in [0.4, 0.5) is 5.69 Å². The molecule has 1 aliphatic carbocycles. The summed E-state index contributed by atoms with van der Waals surface area (Å²) in [5.74, 6) is 0.640. The molecule has 0 aromatic heterocycles. The van der Waals surface area contributed by atoms with Crippen LogP contribution in [-0.2, 0) is 9.53 Å². The van der Waals surface area contributed by atoms with Gasteiger partial charge in [-0.25, -0.2) is 5.43 Å². The van der Waals surface area contributed by atoms with E-state index in [4.69, 9.17) is 16.3 Å². The normalized spacial score (nSPS) is 24.7. The Labute approximate surface area is 199 Å². The highest BCUT2D eigenvalue weighted by molar-refractivity contribution is 6.31. The van der Waals surface area contributed by atoms with Gasteiger partial charge in [0.1, 0.15) is 0 Å². The molecule has 0 radical (unpaired) electrons. The Morgan fingerprint density at radius 1 is 1.21 bits per heavy atom. The molecule has 5 rings (SSSR count). The van der Waals surface area contributed by atoms with Crippen LogP contribution in [0.3, 0.4) is 0 Å².